The third-order valence-corrected chi connectivity index (χ3v) is 3.80. The standard InChI is InChI=1S/C14H22ClNOS/c1-3-8-17-10-13(16-4-2)11-18-14-7-5-6-12(15)9-14/h5-7,9,13,16H,3-4,8,10-11H2,1-2H3. The molecule has 1 aromatic carbocycles. The highest BCUT2D eigenvalue weighted by Crippen LogP contribution is 2.22. The highest BCUT2D eigenvalue weighted by Gasteiger charge is 2.08. The summed E-state index contributed by atoms with van der Waals surface area (Å²) in [7, 11) is 0. The summed E-state index contributed by atoms with van der Waals surface area (Å²) >= 11 is 7.78. The van der Waals surface area contributed by atoms with Gasteiger partial charge in [0.15, 0.2) is 0 Å². The van der Waals surface area contributed by atoms with Crippen LogP contribution in [0.5, 0.6) is 0 Å². The molecule has 0 aromatic heterocycles. The molecule has 0 amide bonds. The van der Waals surface area contributed by atoms with Gasteiger partial charge in [0.1, 0.15) is 0 Å². The lowest BCUT2D eigenvalue weighted by Gasteiger charge is -2.17. The van der Waals surface area contributed by atoms with Gasteiger partial charge >= 0.3 is 0 Å². The summed E-state index contributed by atoms with van der Waals surface area (Å²) in [6.07, 6.45) is 1.07. The maximum atomic E-state index is 5.97. The van der Waals surface area contributed by atoms with Crippen molar-refractivity contribution >= 4 is 23.4 Å². The third-order valence-electron chi connectivity index (χ3n) is 2.41. The first kappa shape index (κ1) is 15.8. The molecule has 1 unspecified atom stereocenters. The van der Waals surface area contributed by atoms with Crippen LogP contribution in [0.4, 0.5) is 0 Å². The topological polar surface area (TPSA) is 21.3 Å². The summed E-state index contributed by atoms with van der Waals surface area (Å²) in [6.45, 7) is 6.83. The molecule has 0 fully saturated rings. The summed E-state index contributed by atoms with van der Waals surface area (Å²) in [5.74, 6) is 0.998. The van der Waals surface area contributed by atoms with Gasteiger partial charge in [0, 0.05) is 28.3 Å². The molecule has 0 spiro atoms. The van der Waals surface area contributed by atoms with Gasteiger partial charge in [-0.15, -0.1) is 11.8 Å². The molecule has 102 valence electrons. The second-order valence-electron chi connectivity index (χ2n) is 4.10. The molecular formula is C14H22ClNOS. The van der Waals surface area contributed by atoms with Crippen LogP contribution in [0.2, 0.25) is 5.02 Å². The van der Waals surface area contributed by atoms with E-state index < -0.39 is 0 Å². The molecule has 0 aliphatic carbocycles. The minimum Gasteiger partial charge on any atom is -0.380 e. The largest absolute Gasteiger partial charge is 0.380 e. The van der Waals surface area contributed by atoms with Crippen LogP contribution in [-0.4, -0.2) is 31.6 Å². The molecular weight excluding hydrogens is 266 g/mol. The van der Waals surface area contributed by atoms with Crippen LogP contribution in [0.1, 0.15) is 20.3 Å². The van der Waals surface area contributed by atoms with Crippen molar-refractivity contribution in [3.63, 3.8) is 0 Å². The number of benzene rings is 1. The Labute approximate surface area is 119 Å². The molecule has 0 aliphatic heterocycles. The third kappa shape index (κ3) is 6.64. The zero-order valence-electron chi connectivity index (χ0n) is 11.1. The first-order chi connectivity index (χ1) is 8.76. The molecule has 0 bridgehead atoms. The Morgan fingerprint density at radius 1 is 1.39 bits per heavy atom. The van der Waals surface area contributed by atoms with Crippen molar-refractivity contribution in [2.45, 2.75) is 31.2 Å². The lowest BCUT2D eigenvalue weighted by Crippen LogP contribution is -2.35. The number of rotatable bonds is 9. The van der Waals surface area contributed by atoms with E-state index in [9.17, 15) is 0 Å². The zero-order valence-corrected chi connectivity index (χ0v) is 12.7. The number of ether oxygens (including phenoxy) is 1. The Bertz CT molecular complexity index is 335. The zero-order chi connectivity index (χ0) is 13.2. The van der Waals surface area contributed by atoms with E-state index in [0.717, 1.165) is 37.0 Å². The Morgan fingerprint density at radius 3 is 2.89 bits per heavy atom. The van der Waals surface area contributed by atoms with Crippen LogP contribution in [-0.2, 0) is 4.74 Å². The van der Waals surface area contributed by atoms with E-state index in [4.69, 9.17) is 16.3 Å². The van der Waals surface area contributed by atoms with Crippen LogP contribution < -0.4 is 5.32 Å². The van der Waals surface area contributed by atoms with Crippen molar-refractivity contribution in [3.8, 4) is 0 Å². The molecule has 0 radical (unpaired) electrons. The second-order valence-corrected chi connectivity index (χ2v) is 5.63. The van der Waals surface area contributed by atoms with Crippen LogP contribution in [0, 0.1) is 0 Å². The first-order valence-corrected chi connectivity index (χ1v) is 7.82. The van der Waals surface area contributed by atoms with Crippen molar-refractivity contribution in [1.29, 1.82) is 0 Å². The van der Waals surface area contributed by atoms with E-state index in [2.05, 4.69) is 25.2 Å². The van der Waals surface area contributed by atoms with Gasteiger partial charge in [0.05, 0.1) is 6.61 Å². The molecule has 1 atom stereocenters. The van der Waals surface area contributed by atoms with Crippen LogP contribution in [0.25, 0.3) is 0 Å². The normalized spacial score (nSPS) is 12.6. The number of thioether (sulfide) groups is 1. The summed E-state index contributed by atoms with van der Waals surface area (Å²) in [5, 5.41) is 4.24. The predicted molar refractivity (Wildman–Crippen MR) is 80.8 cm³/mol. The highest BCUT2D eigenvalue weighted by molar-refractivity contribution is 7.99. The Balaban J connectivity index is 2.36. The van der Waals surface area contributed by atoms with Gasteiger partial charge in [-0.3, -0.25) is 0 Å². The maximum Gasteiger partial charge on any atom is 0.0627 e. The summed E-state index contributed by atoms with van der Waals surface area (Å²) in [4.78, 5) is 1.21. The van der Waals surface area contributed by atoms with Crippen molar-refractivity contribution in [2.75, 3.05) is 25.5 Å². The van der Waals surface area contributed by atoms with E-state index in [0.29, 0.717) is 6.04 Å². The molecule has 0 saturated heterocycles. The average Bonchev–Trinajstić information content (AvgIpc) is 2.36. The van der Waals surface area contributed by atoms with Gasteiger partial charge in [-0.25, -0.2) is 0 Å². The Kier molecular flexibility index (Phi) is 8.51. The van der Waals surface area contributed by atoms with Gasteiger partial charge in [0.25, 0.3) is 0 Å². The van der Waals surface area contributed by atoms with E-state index in [1.807, 2.05) is 30.0 Å². The smallest absolute Gasteiger partial charge is 0.0627 e. The van der Waals surface area contributed by atoms with E-state index in [1.54, 1.807) is 0 Å². The maximum absolute atomic E-state index is 5.97. The predicted octanol–water partition coefficient (Wildman–Crippen LogP) is 3.84. The molecule has 0 saturated carbocycles. The number of hydrogen-bond acceptors (Lipinski definition) is 3. The van der Waals surface area contributed by atoms with E-state index in [1.165, 1.54) is 4.90 Å². The highest BCUT2D eigenvalue weighted by atomic mass is 35.5. The molecule has 1 aromatic rings. The minimum atomic E-state index is 0.394. The van der Waals surface area contributed by atoms with Crippen molar-refractivity contribution < 1.29 is 4.74 Å². The fourth-order valence-corrected chi connectivity index (χ4v) is 2.83. The van der Waals surface area contributed by atoms with Crippen molar-refractivity contribution in [1.82, 2.24) is 5.32 Å². The molecule has 4 heteroatoms. The average molecular weight is 288 g/mol. The van der Waals surface area contributed by atoms with Gasteiger partial charge in [0.2, 0.25) is 0 Å². The lowest BCUT2D eigenvalue weighted by molar-refractivity contribution is 0.117. The molecule has 1 N–H and O–H groups in total. The van der Waals surface area contributed by atoms with Gasteiger partial charge in [-0.05, 0) is 31.2 Å². The lowest BCUT2D eigenvalue weighted by atomic mass is 10.3. The summed E-state index contributed by atoms with van der Waals surface area (Å²) in [5.41, 5.74) is 0. The van der Waals surface area contributed by atoms with Gasteiger partial charge < -0.3 is 10.1 Å². The number of likely N-dealkylation sites (N-methyl/N-ethyl adjacent to an activating group) is 1. The quantitative estimate of drug-likeness (QED) is 0.551. The second kappa shape index (κ2) is 9.68. The van der Waals surface area contributed by atoms with Crippen LogP contribution in [0.15, 0.2) is 29.2 Å². The first-order valence-electron chi connectivity index (χ1n) is 6.45. The minimum absolute atomic E-state index is 0.394. The molecule has 0 aliphatic rings. The monoisotopic (exact) mass is 287 g/mol. The SMILES string of the molecule is CCCOCC(CSc1cccc(Cl)c1)NCC. The fraction of sp³-hybridized carbons (Fsp3) is 0.571. The van der Waals surface area contributed by atoms with Gasteiger partial charge in [-0.2, -0.15) is 0 Å². The van der Waals surface area contributed by atoms with Crippen molar-refractivity contribution in [2.24, 2.45) is 0 Å². The molecule has 1 rings (SSSR count). The van der Waals surface area contributed by atoms with E-state index >= 15 is 0 Å². The van der Waals surface area contributed by atoms with Crippen molar-refractivity contribution in [3.05, 3.63) is 29.3 Å². The molecule has 0 heterocycles. The fourth-order valence-electron chi connectivity index (χ4n) is 1.58. The molecule has 2 nitrogen and oxygen atoms in total. The molecule has 18 heavy (non-hydrogen) atoms. The number of halogens is 1. The van der Waals surface area contributed by atoms with Gasteiger partial charge in [-0.1, -0.05) is 31.5 Å². The summed E-state index contributed by atoms with van der Waals surface area (Å²) < 4.78 is 5.61. The Morgan fingerprint density at radius 2 is 2.22 bits per heavy atom. The van der Waals surface area contributed by atoms with E-state index in [-0.39, 0.29) is 0 Å². The summed E-state index contributed by atoms with van der Waals surface area (Å²) in [6, 6.07) is 8.37. The Hall–Kier alpha value is -0.220. The number of hydrogen-bond donors (Lipinski definition) is 1. The number of nitrogens with one attached hydrogen (secondary N) is 1. The van der Waals surface area contributed by atoms with Crippen LogP contribution in [0.3, 0.4) is 0 Å². The van der Waals surface area contributed by atoms with Crippen LogP contribution >= 0.6 is 23.4 Å².